The molecule has 1 atom stereocenters. The molecule has 0 aromatic heterocycles. The molecule has 1 unspecified atom stereocenters. The average molecular weight is 299 g/mol. The fourth-order valence-corrected chi connectivity index (χ4v) is 3.01. The van der Waals surface area contributed by atoms with Crippen LogP contribution in [0.15, 0.2) is 47.4 Å². The lowest BCUT2D eigenvalue weighted by Gasteiger charge is -2.06. The van der Waals surface area contributed by atoms with Gasteiger partial charge in [0.25, 0.3) is 0 Å². The Labute approximate surface area is 125 Å². The van der Waals surface area contributed by atoms with Gasteiger partial charge in [-0.05, 0) is 42.3 Å². The molecule has 2 rings (SSSR count). The summed E-state index contributed by atoms with van der Waals surface area (Å²) in [7, 11) is -1.32. The Bertz CT molecular complexity index is 745. The summed E-state index contributed by atoms with van der Waals surface area (Å²) in [5.41, 5.74) is 2.19. The molecule has 0 radical (unpaired) electrons. The Kier molecular flexibility index (Phi) is 4.51. The monoisotopic (exact) mass is 299 g/mol. The van der Waals surface area contributed by atoms with Crippen molar-refractivity contribution in [1.82, 2.24) is 0 Å². The highest BCUT2D eigenvalue weighted by Gasteiger charge is 2.12. The van der Waals surface area contributed by atoms with E-state index in [4.69, 9.17) is 10.4 Å². The number of nitriles is 1. The highest BCUT2D eigenvalue weighted by atomic mass is 32.2. The minimum absolute atomic E-state index is 0.167. The number of carboxylic acid groups (broad SMARTS) is 1. The van der Waals surface area contributed by atoms with E-state index in [-0.39, 0.29) is 11.3 Å². The van der Waals surface area contributed by atoms with Crippen LogP contribution in [0.5, 0.6) is 0 Å². The lowest BCUT2D eigenvalue weighted by atomic mass is 10.1. The quantitative estimate of drug-likeness (QED) is 0.941. The zero-order chi connectivity index (χ0) is 15.4. The van der Waals surface area contributed by atoms with Crippen molar-refractivity contribution >= 4 is 16.8 Å². The van der Waals surface area contributed by atoms with Crippen LogP contribution in [0, 0.1) is 18.3 Å². The van der Waals surface area contributed by atoms with E-state index >= 15 is 0 Å². The standard InChI is InChI=1S/C16H13NO3S/c1-11-2-7-14(8-15(11)16(18)19)21(20)10-13-5-3-12(9-17)4-6-13/h2-8H,10H2,1H3,(H,18,19). The lowest BCUT2D eigenvalue weighted by Crippen LogP contribution is -2.03. The van der Waals surface area contributed by atoms with Crippen LogP contribution >= 0.6 is 0 Å². The number of benzene rings is 2. The molecule has 2 aromatic rings. The van der Waals surface area contributed by atoms with Crippen molar-refractivity contribution in [3.63, 3.8) is 0 Å². The largest absolute Gasteiger partial charge is 0.478 e. The smallest absolute Gasteiger partial charge is 0.335 e. The highest BCUT2D eigenvalue weighted by Crippen LogP contribution is 2.17. The van der Waals surface area contributed by atoms with Crippen LogP contribution in [-0.4, -0.2) is 15.3 Å². The molecule has 0 saturated carbocycles. The SMILES string of the molecule is Cc1ccc(S(=O)Cc2ccc(C#N)cc2)cc1C(=O)O. The Morgan fingerprint density at radius 1 is 1.24 bits per heavy atom. The van der Waals surface area contributed by atoms with E-state index in [1.165, 1.54) is 6.07 Å². The molecule has 106 valence electrons. The van der Waals surface area contributed by atoms with E-state index in [0.717, 1.165) is 5.56 Å². The maximum Gasteiger partial charge on any atom is 0.335 e. The topological polar surface area (TPSA) is 78.2 Å². The third-order valence-corrected chi connectivity index (χ3v) is 4.46. The van der Waals surface area contributed by atoms with Crippen LogP contribution in [0.3, 0.4) is 0 Å². The molecule has 2 aromatic carbocycles. The number of nitrogens with zero attached hydrogens (tertiary/aromatic N) is 1. The number of hydrogen-bond donors (Lipinski definition) is 1. The molecule has 0 saturated heterocycles. The first-order chi connectivity index (χ1) is 10.0. The average Bonchev–Trinajstić information content (AvgIpc) is 2.48. The first-order valence-electron chi connectivity index (χ1n) is 6.22. The van der Waals surface area contributed by atoms with Crippen LogP contribution in [0.2, 0.25) is 0 Å². The molecule has 4 nitrogen and oxygen atoms in total. The second kappa shape index (κ2) is 6.33. The van der Waals surface area contributed by atoms with Crippen LogP contribution in [0.25, 0.3) is 0 Å². The molecule has 0 heterocycles. The van der Waals surface area contributed by atoms with Crippen molar-refractivity contribution in [2.75, 3.05) is 0 Å². The maximum atomic E-state index is 12.3. The minimum atomic E-state index is -1.32. The van der Waals surface area contributed by atoms with Crippen molar-refractivity contribution in [2.24, 2.45) is 0 Å². The van der Waals surface area contributed by atoms with Gasteiger partial charge < -0.3 is 5.11 Å². The summed E-state index contributed by atoms with van der Waals surface area (Å²) in [5.74, 6) is -0.738. The van der Waals surface area contributed by atoms with Crippen molar-refractivity contribution < 1.29 is 14.1 Å². The summed E-state index contributed by atoms with van der Waals surface area (Å²) in [5, 5.41) is 17.8. The molecule has 5 heteroatoms. The Balaban J connectivity index is 2.22. The van der Waals surface area contributed by atoms with Crippen molar-refractivity contribution in [3.05, 3.63) is 64.7 Å². The van der Waals surface area contributed by atoms with Gasteiger partial charge in [0.15, 0.2) is 0 Å². The summed E-state index contributed by atoms with van der Waals surface area (Å²) < 4.78 is 12.3. The van der Waals surface area contributed by atoms with Crippen molar-refractivity contribution in [2.45, 2.75) is 17.6 Å². The van der Waals surface area contributed by atoms with Crippen molar-refractivity contribution in [1.29, 1.82) is 5.26 Å². The number of carbonyl (C=O) groups is 1. The molecule has 0 amide bonds. The fraction of sp³-hybridized carbons (Fsp3) is 0.125. The summed E-state index contributed by atoms with van der Waals surface area (Å²) in [4.78, 5) is 11.6. The molecule has 0 aliphatic heterocycles. The molecule has 0 bridgehead atoms. The Hall–Kier alpha value is -2.45. The van der Waals surface area contributed by atoms with Gasteiger partial charge in [0.1, 0.15) is 0 Å². The first-order valence-corrected chi connectivity index (χ1v) is 7.54. The predicted molar refractivity (Wildman–Crippen MR) is 79.4 cm³/mol. The van der Waals surface area contributed by atoms with Gasteiger partial charge in [-0.3, -0.25) is 4.21 Å². The summed E-state index contributed by atoms with van der Waals surface area (Å²) in [6.07, 6.45) is 0. The number of aromatic carboxylic acids is 1. The molecule has 0 aliphatic rings. The second-order valence-corrected chi connectivity index (χ2v) is 6.03. The summed E-state index contributed by atoms with van der Waals surface area (Å²) >= 11 is 0. The van der Waals surface area contributed by atoms with E-state index in [0.29, 0.717) is 16.0 Å². The van der Waals surface area contributed by atoms with E-state index < -0.39 is 16.8 Å². The van der Waals surface area contributed by atoms with Crippen LogP contribution in [0.4, 0.5) is 0 Å². The third kappa shape index (κ3) is 3.56. The van der Waals surface area contributed by atoms with Gasteiger partial charge in [-0.2, -0.15) is 5.26 Å². The maximum absolute atomic E-state index is 12.3. The first kappa shape index (κ1) is 14.9. The third-order valence-electron chi connectivity index (χ3n) is 3.08. The zero-order valence-electron chi connectivity index (χ0n) is 11.4. The summed E-state index contributed by atoms with van der Waals surface area (Å²) in [6, 6.07) is 13.7. The second-order valence-electron chi connectivity index (χ2n) is 4.58. The Morgan fingerprint density at radius 3 is 2.48 bits per heavy atom. The molecule has 21 heavy (non-hydrogen) atoms. The molecule has 1 N–H and O–H groups in total. The van der Waals surface area contributed by atoms with Crippen LogP contribution in [0.1, 0.15) is 27.0 Å². The van der Waals surface area contributed by atoms with Gasteiger partial charge in [-0.1, -0.05) is 18.2 Å². The van der Waals surface area contributed by atoms with E-state index in [9.17, 15) is 9.00 Å². The van der Waals surface area contributed by atoms with Gasteiger partial charge >= 0.3 is 5.97 Å². The van der Waals surface area contributed by atoms with E-state index in [1.54, 1.807) is 43.3 Å². The lowest BCUT2D eigenvalue weighted by molar-refractivity contribution is 0.0696. The predicted octanol–water partition coefficient (Wildman–Crippen LogP) is 2.87. The van der Waals surface area contributed by atoms with Gasteiger partial charge in [0.2, 0.25) is 0 Å². The van der Waals surface area contributed by atoms with Gasteiger partial charge in [-0.25, -0.2) is 4.79 Å². The molecule has 0 spiro atoms. The molecule has 0 aliphatic carbocycles. The fourth-order valence-electron chi connectivity index (χ4n) is 1.88. The number of hydrogen-bond acceptors (Lipinski definition) is 3. The summed E-state index contributed by atoms with van der Waals surface area (Å²) in [6.45, 7) is 1.71. The Morgan fingerprint density at radius 2 is 1.90 bits per heavy atom. The molecule has 0 fully saturated rings. The van der Waals surface area contributed by atoms with Crippen LogP contribution in [-0.2, 0) is 16.6 Å². The zero-order valence-corrected chi connectivity index (χ0v) is 12.2. The number of rotatable bonds is 4. The van der Waals surface area contributed by atoms with Crippen LogP contribution < -0.4 is 0 Å². The number of carboxylic acids is 1. The number of aryl methyl sites for hydroxylation is 1. The minimum Gasteiger partial charge on any atom is -0.478 e. The van der Waals surface area contributed by atoms with Gasteiger partial charge in [0, 0.05) is 4.90 Å². The van der Waals surface area contributed by atoms with E-state index in [1.807, 2.05) is 6.07 Å². The molecular formula is C16H13NO3S. The van der Waals surface area contributed by atoms with Gasteiger partial charge in [-0.15, -0.1) is 0 Å². The highest BCUT2D eigenvalue weighted by molar-refractivity contribution is 7.84. The van der Waals surface area contributed by atoms with Gasteiger partial charge in [0.05, 0.1) is 33.7 Å². The van der Waals surface area contributed by atoms with Crippen molar-refractivity contribution in [3.8, 4) is 6.07 Å². The normalized spacial score (nSPS) is 11.6. The molecular weight excluding hydrogens is 286 g/mol. The van der Waals surface area contributed by atoms with E-state index in [2.05, 4.69) is 0 Å².